The van der Waals surface area contributed by atoms with Crippen molar-refractivity contribution in [1.29, 1.82) is 0 Å². The first-order valence-electron chi connectivity index (χ1n) is 7.47. The molecule has 3 aromatic rings. The highest BCUT2D eigenvalue weighted by molar-refractivity contribution is 9.10. The van der Waals surface area contributed by atoms with Crippen molar-refractivity contribution in [2.24, 2.45) is 5.16 Å². The topological polar surface area (TPSA) is 51.1 Å². The number of ether oxygens (including phenoxy) is 2. The molecule has 0 heterocycles. The van der Waals surface area contributed by atoms with Gasteiger partial charge in [0.1, 0.15) is 24.7 Å². The maximum Gasteiger partial charge on any atom is 0.128 e. The van der Waals surface area contributed by atoms with E-state index in [1.165, 1.54) is 11.6 Å². The third-order valence-corrected chi connectivity index (χ3v) is 3.99. The lowest BCUT2D eigenvalue weighted by atomic mass is 10.1. The highest BCUT2D eigenvalue weighted by atomic mass is 79.9. The zero-order valence-electron chi connectivity index (χ0n) is 12.9. The highest BCUT2D eigenvalue weighted by Gasteiger charge is 2.03. The Bertz CT molecular complexity index is 864. The Morgan fingerprint density at radius 2 is 1.71 bits per heavy atom. The smallest absolute Gasteiger partial charge is 0.128 e. The molecule has 3 aromatic carbocycles. The summed E-state index contributed by atoms with van der Waals surface area (Å²) in [6.07, 6.45) is 1.34. The largest absolute Gasteiger partial charge is 0.490 e. The number of rotatable bonds is 6. The van der Waals surface area contributed by atoms with Crippen LogP contribution in [-0.2, 0) is 0 Å². The van der Waals surface area contributed by atoms with Gasteiger partial charge < -0.3 is 14.7 Å². The van der Waals surface area contributed by atoms with Gasteiger partial charge in [-0.15, -0.1) is 0 Å². The molecule has 5 heteroatoms. The molecule has 3 rings (SSSR count). The van der Waals surface area contributed by atoms with Gasteiger partial charge in [0.2, 0.25) is 0 Å². The lowest BCUT2D eigenvalue weighted by Gasteiger charge is -2.11. The molecular formula is C19H16BrNO3. The Morgan fingerprint density at radius 1 is 0.917 bits per heavy atom. The number of hydrogen-bond acceptors (Lipinski definition) is 4. The van der Waals surface area contributed by atoms with Crippen LogP contribution in [0.15, 0.2) is 70.3 Å². The summed E-state index contributed by atoms with van der Waals surface area (Å²) < 4.78 is 12.3. The number of nitrogens with zero attached hydrogens (tertiary/aromatic N) is 1. The maximum absolute atomic E-state index is 8.72. The molecule has 0 unspecified atom stereocenters. The number of oxime groups is 1. The Morgan fingerprint density at radius 3 is 2.54 bits per heavy atom. The Labute approximate surface area is 148 Å². The first-order chi connectivity index (χ1) is 11.8. The van der Waals surface area contributed by atoms with E-state index in [4.69, 9.17) is 14.7 Å². The summed E-state index contributed by atoms with van der Waals surface area (Å²) >= 11 is 3.37. The van der Waals surface area contributed by atoms with E-state index in [0.717, 1.165) is 15.6 Å². The zero-order chi connectivity index (χ0) is 16.8. The molecular weight excluding hydrogens is 370 g/mol. The van der Waals surface area contributed by atoms with Crippen LogP contribution in [0.1, 0.15) is 5.56 Å². The van der Waals surface area contributed by atoms with Gasteiger partial charge in [0, 0.05) is 10.0 Å². The first kappa shape index (κ1) is 16.3. The van der Waals surface area contributed by atoms with Gasteiger partial charge in [-0.25, -0.2) is 0 Å². The fourth-order valence-corrected chi connectivity index (χ4v) is 2.76. The molecule has 0 radical (unpaired) electrons. The number of halogens is 1. The van der Waals surface area contributed by atoms with Crippen LogP contribution in [0.5, 0.6) is 11.5 Å². The second-order valence-corrected chi connectivity index (χ2v) is 6.05. The van der Waals surface area contributed by atoms with E-state index in [2.05, 4.69) is 33.2 Å². The first-order valence-corrected chi connectivity index (χ1v) is 8.27. The molecule has 4 nitrogen and oxygen atoms in total. The molecule has 0 spiro atoms. The molecule has 1 N–H and O–H groups in total. The van der Waals surface area contributed by atoms with Gasteiger partial charge in [0.25, 0.3) is 0 Å². The van der Waals surface area contributed by atoms with Gasteiger partial charge in [-0.1, -0.05) is 51.4 Å². The molecule has 0 saturated heterocycles. The molecule has 0 aromatic heterocycles. The van der Waals surface area contributed by atoms with Gasteiger partial charge in [-0.05, 0) is 41.1 Å². The molecule has 122 valence electrons. The van der Waals surface area contributed by atoms with Crippen LogP contribution < -0.4 is 9.47 Å². The minimum absolute atomic E-state index is 0.390. The quantitative estimate of drug-likeness (QED) is 0.285. The monoisotopic (exact) mass is 385 g/mol. The summed E-state index contributed by atoms with van der Waals surface area (Å²) in [6, 6.07) is 19.7. The molecule has 0 amide bonds. The summed E-state index contributed by atoms with van der Waals surface area (Å²) in [7, 11) is 0. The van der Waals surface area contributed by atoms with Crippen LogP contribution in [-0.4, -0.2) is 24.6 Å². The number of fused-ring (bicyclic) bond motifs is 1. The summed E-state index contributed by atoms with van der Waals surface area (Å²) in [6.45, 7) is 0.810. The van der Waals surface area contributed by atoms with Crippen LogP contribution in [0.3, 0.4) is 0 Å². The average molecular weight is 386 g/mol. The van der Waals surface area contributed by atoms with Gasteiger partial charge in [0.05, 0.1) is 6.21 Å². The molecule has 0 aliphatic heterocycles. The number of hydrogen-bond donors (Lipinski definition) is 1. The molecule has 0 saturated carbocycles. The van der Waals surface area contributed by atoms with E-state index >= 15 is 0 Å². The minimum atomic E-state index is 0.390. The molecule has 0 aliphatic rings. The van der Waals surface area contributed by atoms with E-state index in [-0.39, 0.29) is 0 Å². The normalized spacial score (nSPS) is 11.0. The summed E-state index contributed by atoms with van der Waals surface area (Å²) in [5.41, 5.74) is 0.692. The van der Waals surface area contributed by atoms with E-state index in [9.17, 15) is 0 Å². The lowest BCUT2D eigenvalue weighted by molar-refractivity contribution is 0.217. The molecule has 0 fully saturated rings. The van der Waals surface area contributed by atoms with E-state index in [1.54, 1.807) is 0 Å². The van der Waals surface area contributed by atoms with Gasteiger partial charge in [0.15, 0.2) is 0 Å². The zero-order valence-corrected chi connectivity index (χ0v) is 14.4. The van der Waals surface area contributed by atoms with E-state index in [1.807, 2.05) is 48.5 Å². The molecule has 24 heavy (non-hydrogen) atoms. The van der Waals surface area contributed by atoms with E-state index in [0.29, 0.717) is 24.5 Å². The molecule has 0 atom stereocenters. The average Bonchev–Trinajstić information content (AvgIpc) is 2.60. The standard InChI is InChI=1S/C19H16BrNO3/c20-17-6-8-19(16(11-17)13-21-22)24-10-9-23-18-7-5-14-3-1-2-4-15(14)12-18/h1-8,11-13,22H,9-10H2. The Balaban J connectivity index is 1.58. The molecule has 0 aliphatic carbocycles. The predicted octanol–water partition coefficient (Wildman–Crippen LogP) is 4.87. The number of benzene rings is 3. The van der Waals surface area contributed by atoms with Crippen LogP contribution >= 0.6 is 15.9 Å². The van der Waals surface area contributed by atoms with Crippen LogP contribution in [0.25, 0.3) is 10.8 Å². The van der Waals surface area contributed by atoms with E-state index < -0.39 is 0 Å². The third-order valence-electron chi connectivity index (χ3n) is 3.50. The van der Waals surface area contributed by atoms with Crippen molar-refractivity contribution in [1.82, 2.24) is 0 Å². The Kier molecular flexibility index (Phi) is 5.33. The summed E-state index contributed by atoms with van der Waals surface area (Å²) in [5, 5.41) is 14.1. The van der Waals surface area contributed by atoms with Crippen molar-refractivity contribution in [2.75, 3.05) is 13.2 Å². The van der Waals surface area contributed by atoms with Crippen LogP contribution in [0, 0.1) is 0 Å². The second-order valence-electron chi connectivity index (χ2n) is 5.13. The lowest BCUT2D eigenvalue weighted by Crippen LogP contribution is -2.10. The fourth-order valence-electron chi connectivity index (χ4n) is 2.38. The maximum atomic E-state index is 8.72. The van der Waals surface area contributed by atoms with Crippen molar-refractivity contribution in [2.45, 2.75) is 0 Å². The van der Waals surface area contributed by atoms with Crippen molar-refractivity contribution < 1.29 is 14.7 Å². The fraction of sp³-hybridized carbons (Fsp3) is 0.105. The minimum Gasteiger partial charge on any atom is -0.490 e. The van der Waals surface area contributed by atoms with Crippen molar-refractivity contribution in [3.63, 3.8) is 0 Å². The van der Waals surface area contributed by atoms with Gasteiger partial charge in [-0.3, -0.25) is 0 Å². The second kappa shape index (κ2) is 7.84. The van der Waals surface area contributed by atoms with Crippen molar-refractivity contribution in [3.05, 3.63) is 70.7 Å². The van der Waals surface area contributed by atoms with Crippen molar-refractivity contribution in [3.8, 4) is 11.5 Å². The third kappa shape index (κ3) is 4.06. The summed E-state index contributed by atoms with van der Waals surface area (Å²) in [5.74, 6) is 1.45. The SMILES string of the molecule is ON=Cc1cc(Br)ccc1OCCOc1ccc2ccccc2c1. The highest BCUT2D eigenvalue weighted by Crippen LogP contribution is 2.23. The van der Waals surface area contributed by atoms with Gasteiger partial charge >= 0.3 is 0 Å². The molecule has 0 bridgehead atoms. The Hall–Kier alpha value is -2.53. The van der Waals surface area contributed by atoms with Gasteiger partial charge in [-0.2, -0.15) is 0 Å². The van der Waals surface area contributed by atoms with Crippen molar-refractivity contribution >= 4 is 32.9 Å². The predicted molar refractivity (Wildman–Crippen MR) is 98.5 cm³/mol. The van der Waals surface area contributed by atoms with Crippen LogP contribution in [0.2, 0.25) is 0 Å². The summed E-state index contributed by atoms with van der Waals surface area (Å²) in [4.78, 5) is 0. The van der Waals surface area contributed by atoms with Crippen LogP contribution in [0.4, 0.5) is 0 Å².